The number of fused-ring (bicyclic) bond motifs is 1. The summed E-state index contributed by atoms with van der Waals surface area (Å²) in [6.45, 7) is 2.83. The molecule has 0 radical (unpaired) electrons. The standard InChI is InChI=1S/C23H19Cl2N3O.BrH/c1-15-6-2-3-7-17(15)13-27-20-8-4-5-9-21(20)28(23(27)26)14-22(29)16-10-11-18(24)19(25)12-16;/h2-12,26H,13-14H2,1H3;1H. The lowest BCUT2D eigenvalue weighted by molar-refractivity contribution is -0.648. The Morgan fingerprint density at radius 2 is 1.70 bits per heavy atom. The number of Topliss-reactive ketones (excluding diaryl/α,β-unsaturated/α-hetero) is 1. The molecule has 0 aliphatic rings. The number of carbonyl (C=O) groups excluding carboxylic acids is 1. The van der Waals surface area contributed by atoms with Crippen molar-refractivity contribution in [3.05, 3.63) is 93.5 Å². The summed E-state index contributed by atoms with van der Waals surface area (Å²) in [5.41, 5.74) is 11.3. The van der Waals surface area contributed by atoms with E-state index < -0.39 is 0 Å². The third kappa shape index (κ3) is 4.24. The first-order valence-corrected chi connectivity index (χ1v) is 10.0. The number of benzene rings is 3. The SMILES string of the molecule is Cc1ccccc1C[n+]1c(N)n(CC(=O)c2ccc(Cl)c(Cl)c2)c2ccccc21.[Br-]. The predicted molar refractivity (Wildman–Crippen MR) is 118 cm³/mol. The number of carbonyl (C=O) groups is 1. The zero-order chi connectivity index (χ0) is 20.5. The molecule has 0 amide bonds. The fourth-order valence-corrected chi connectivity index (χ4v) is 3.81. The van der Waals surface area contributed by atoms with Crippen molar-refractivity contribution in [2.45, 2.75) is 20.0 Å². The van der Waals surface area contributed by atoms with Crippen molar-refractivity contribution in [1.82, 2.24) is 4.57 Å². The molecule has 0 bridgehead atoms. The molecular weight excluding hydrogens is 485 g/mol. The maximum atomic E-state index is 12.9. The zero-order valence-corrected chi connectivity index (χ0v) is 19.4. The number of anilines is 1. The summed E-state index contributed by atoms with van der Waals surface area (Å²) in [6, 6.07) is 21.0. The number of hydrogen-bond acceptors (Lipinski definition) is 2. The van der Waals surface area contributed by atoms with Crippen LogP contribution in [0, 0.1) is 6.92 Å². The van der Waals surface area contributed by atoms with Crippen molar-refractivity contribution in [2.75, 3.05) is 5.73 Å². The summed E-state index contributed by atoms with van der Waals surface area (Å²) in [5, 5.41) is 0.780. The average Bonchev–Trinajstić information content (AvgIpc) is 2.97. The van der Waals surface area contributed by atoms with Crippen LogP contribution in [0.5, 0.6) is 0 Å². The molecule has 30 heavy (non-hydrogen) atoms. The molecule has 0 unspecified atom stereocenters. The number of nitrogen functional groups attached to an aromatic ring is 1. The first kappa shape index (κ1) is 22.3. The van der Waals surface area contributed by atoms with E-state index in [1.54, 1.807) is 18.2 Å². The van der Waals surface area contributed by atoms with Crippen LogP contribution >= 0.6 is 23.2 Å². The van der Waals surface area contributed by atoms with Crippen LogP contribution in [-0.4, -0.2) is 10.4 Å². The van der Waals surface area contributed by atoms with Gasteiger partial charge in [0.15, 0.2) is 5.78 Å². The third-order valence-electron chi connectivity index (χ3n) is 5.15. The number of nitrogens with two attached hydrogens (primary N) is 1. The van der Waals surface area contributed by atoms with Crippen LogP contribution < -0.4 is 27.3 Å². The van der Waals surface area contributed by atoms with Crippen molar-refractivity contribution in [2.24, 2.45) is 0 Å². The van der Waals surface area contributed by atoms with Crippen molar-refractivity contribution < 1.29 is 26.3 Å². The zero-order valence-electron chi connectivity index (χ0n) is 16.3. The van der Waals surface area contributed by atoms with E-state index in [0.29, 0.717) is 28.1 Å². The summed E-state index contributed by atoms with van der Waals surface area (Å²) in [4.78, 5) is 12.9. The molecule has 0 fully saturated rings. The van der Waals surface area contributed by atoms with Gasteiger partial charge in [0.25, 0.3) is 0 Å². The van der Waals surface area contributed by atoms with E-state index >= 15 is 0 Å². The lowest BCUT2D eigenvalue weighted by Gasteiger charge is -2.06. The lowest BCUT2D eigenvalue weighted by Crippen LogP contribution is -3.00. The quantitative estimate of drug-likeness (QED) is 0.334. The van der Waals surface area contributed by atoms with Gasteiger partial charge in [-0.2, -0.15) is 0 Å². The largest absolute Gasteiger partial charge is 1.00 e. The van der Waals surface area contributed by atoms with E-state index in [9.17, 15) is 4.79 Å². The molecule has 0 atom stereocenters. The van der Waals surface area contributed by atoms with E-state index in [1.165, 1.54) is 11.1 Å². The Kier molecular flexibility index (Phi) is 6.86. The minimum atomic E-state index is -0.0842. The fraction of sp³-hybridized carbons (Fsp3) is 0.130. The summed E-state index contributed by atoms with van der Waals surface area (Å²) in [6.07, 6.45) is 0. The number of rotatable bonds is 5. The highest BCUT2D eigenvalue weighted by Crippen LogP contribution is 2.24. The Balaban J connectivity index is 0.00000256. The molecule has 2 N–H and O–H groups in total. The molecule has 0 aliphatic carbocycles. The molecule has 0 spiro atoms. The molecule has 0 saturated carbocycles. The average molecular weight is 505 g/mol. The van der Waals surface area contributed by atoms with Gasteiger partial charge in [-0.15, -0.1) is 0 Å². The molecule has 4 rings (SSSR count). The maximum Gasteiger partial charge on any atom is 0.356 e. The van der Waals surface area contributed by atoms with Crippen LogP contribution in [0.15, 0.2) is 66.7 Å². The number of ketones is 1. The summed E-state index contributed by atoms with van der Waals surface area (Å²) < 4.78 is 3.89. The topological polar surface area (TPSA) is 51.9 Å². The molecular formula is C23H20BrCl2N3O. The first-order chi connectivity index (χ1) is 14.0. The Labute approximate surface area is 195 Å². The highest BCUT2D eigenvalue weighted by Gasteiger charge is 2.23. The molecule has 4 aromatic rings. The molecule has 1 heterocycles. The molecule has 3 aromatic carbocycles. The van der Waals surface area contributed by atoms with Crippen molar-refractivity contribution in [1.29, 1.82) is 0 Å². The third-order valence-corrected chi connectivity index (χ3v) is 5.89. The molecule has 154 valence electrons. The van der Waals surface area contributed by atoms with Crippen molar-refractivity contribution >= 4 is 46.0 Å². The van der Waals surface area contributed by atoms with E-state index in [4.69, 9.17) is 28.9 Å². The molecule has 0 aliphatic heterocycles. The smallest absolute Gasteiger partial charge is 0.356 e. The number of aromatic nitrogens is 2. The molecule has 4 nitrogen and oxygen atoms in total. The number of aryl methyl sites for hydroxylation is 1. The highest BCUT2D eigenvalue weighted by atomic mass is 79.9. The van der Waals surface area contributed by atoms with Crippen LogP contribution in [0.4, 0.5) is 5.95 Å². The van der Waals surface area contributed by atoms with Crippen LogP contribution in [0.2, 0.25) is 10.0 Å². The maximum absolute atomic E-state index is 12.9. The number of halogens is 3. The highest BCUT2D eigenvalue weighted by molar-refractivity contribution is 6.42. The first-order valence-electron chi connectivity index (χ1n) is 9.25. The number of nitrogens with zero attached hydrogens (tertiary/aromatic N) is 2. The monoisotopic (exact) mass is 503 g/mol. The van der Waals surface area contributed by atoms with E-state index in [2.05, 4.69) is 19.1 Å². The number of hydrogen-bond donors (Lipinski definition) is 1. The van der Waals surface area contributed by atoms with Gasteiger partial charge in [-0.05, 0) is 48.4 Å². The molecule has 7 heteroatoms. The van der Waals surface area contributed by atoms with Gasteiger partial charge >= 0.3 is 5.95 Å². The van der Waals surface area contributed by atoms with Gasteiger partial charge in [0.1, 0.15) is 17.6 Å². The number of para-hydroxylation sites is 2. The minimum absolute atomic E-state index is 0. The van der Waals surface area contributed by atoms with Gasteiger partial charge in [-0.1, -0.05) is 59.6 Å². The summed E-state index contributed by atoms with van der Waals surface area (Å²) in [5.74, 6) is 0.446. The Bertz CT molecular complexity index is 1240. The van der Waals surface area contributed by atoms with Gasteiger partial charge in [0.2, 0.25) is 0 Å². The van der Waals surface area contributed by atoms with Gasteiger partial charge < -0.3 is 17.0 Å². The van der Waals surface area contributed by atoms with Crippen LogP contribution in [0.3, 0.4) is 0 Å². The predicted octanol–water partition coefficient (Wildman–Crippen LogP) is 2.06. The van der Waals surface area contributed by atoms with E-state index in [-0.39, 0.29) is 29.3 Å². The summed E-state index contributed by atoms with van der Waals surface area (Å²) in [7, 11) is 0. The lowest BCUT2D eigenvalue weighted by atomic mass is 10.1. The van der Waals surface area contributed by atoms with Gasteiger partial charge in [-0.3, -0.25) is 10.5 Å². The second-order valence-electron chi connectivity index (χ2n) is 7.00. The fourth-order valence-electron chi connectivity index (χ4n) is 3.51. The van der Waals surface area contributed by atoms with Crippen LogP contribution in [0.25, 0.3) is 11.0 Å². The van der Waals surface area contributed by atoms with Gasteiger partial charge in [-0.25, -0.2) is 9.13 Å². The Morgan fingerprint density at radius 3 is 2.43 bits per heavy atom. The van der Waals surface area contributed by atoms with E-state index in [0.717, 1.165) is 11.0 Å². The van der Waals surface area contributed by atoms with Crippen molar-refractivity contribution in [3.63, 3.8) is 0 Å². The normalized spacial score (nSPS) is 10.8. The second-order valence-corrected chi connectivity index (χ2v) is 7.81. The molecule has 0 saturated heterocycles. The minimum Gasteiger partial charge on any atom is -1.00 e. The number of imidazole rings is 1. The second kappa shape index (κ2) is 9.21. The van der Waals surface area contributed by atoms with Crippen LogP contribution in [0.1, 0.15) is 21.5 Å². The van der Waals surface area contributed by atoms with Crippen molar-refractivity contribution in [3.8, 4) is 0 Å². The Morgan fingerprint density at radius 1 is 1.00 bits per heavy atom. The van der Waals surface area contributed by atoms with Gasteiger partial charge in [0, 0.05) is 5.56 Å². The Hall–Kier alpha value is -2.34. The molecule has 1 aromatic heterocycles. The van der Waals surface area contributed by atoms with Gasteiger partial charge in [0.05, 0.1) is 16.6 Å². The van der Waals surface area contributed by atoms with Crippen LogP contribution in [-0.2, 0) is 13.1 Å². The van der Waals surface area contributed by atoms with E-state index in [1.807, 2.05) is 45.5 Å². The summed E-state index contributed by atoms with van der Waals surface area (Å²) >= 11 is 12.0.